The molecule has 2 atom stereocenters. The molecular formula is C49H64F9N4O8P. The van der Waals surface area contributed by atoms with E-state index in [-0.39, 0.29) is 77.2 Å². The molecule has 0 fully saturated rings. The molecular weight excluding hydrogens is 975 g/mol. The van der Waals surface area contributed by atoms with Crippen molar-refractivity contribution in [3.05, 3.63) is 107 Å². The third kappa shape index (κ3) is 19.7. The van der Waals surface area contributed by atoms with E-state index in [1.165, 1.54) is 14.2 Å². The monoisotopic (exact) mass is 1040 g/mol. The van der Waals surface area contributed by atoms with Gasteiger partial charge in [-0.25, -0.2) is 11.2 Å². The first-order valence-corrected chi connectivity index (χ1v) is 24.1. The first kappa shape index (κ1) is 60.6. The number of hydrogen-bond donors (Lipinski definition) is 2. The van der Waals surface area contributed by atoms with Gasteiger partial charge in [-0.1, -0.05) is 54.6 Å². The van der Waals surface area contributed by atoms with Crippen molar-refractivity contribution in [1.82, 2.24) is 15.3 Å². The Labute approximate surface area is 411 Å². The van der Waals surface area contributed by atoms with E-state index in [4.69, 9.17) is 34.6 Å². The second-order valence-corrected chi connectivity index (χ2v) is 18.7. The van der Waals surface area contributed by atoms with Crippen LogP contribution in [0.15, 0.2) is 78.9 Å². The smallest absolute Gasteiger partial charge is 0.471 e. The number of nitrogens with zero attached hydrogens (tertiary/aromatic N) is 2. The lowest BCUT2D eigenvalue weighted by Gasteiger charge is -2.40. The van der Waals surface area contributed by atoms with Crippen molar-refractivity contribution in [2.45, 2.75) is 115 Å². The molecule has 0 spiro atoms. The zero-order valence-corrected chi connectivity index (χ0v) is 41.5. The van der Waals surface area contributed by atoms with E-state index in [0.29, 0.717) is 28.2 Å². The molecule has 3 rings (SSSR count). The summed E-state index contributed by atoms with van der Waals surface area (Å²) in [6.45, 7) is 13.1. The summed E-state index contributed by atoms with van der Waals surface area (Å²) < 4.78 is 159. The van der Waals surface area contributed by atoms with E-state index in [1.54, 1.807) is 34.9 Å². The van der Waals surface area contributed by atoms with Gasteiger partial charge in [-0.15, -0.1) is 0 Å². The number of carbonyl (C=O) groups is 2. The van der Waals surface area contributed by atoms with E-state index in [0.717, 1.165) is 0 Å². The third-order valence-electron chi connectivity index (χ3n) is 11.3. The van der Waals surface area contributed by atoms with Gasteiger partial charge in [0.1, 0.15) is 29.8 Å². The molecule has 0 heterocycles. The van der Waals surface area contributed by atoms with Crippen LogP contribution in [0.3, 0.4) is 0 Å². The number of benzene rings is 3. The highest BCUT2D eigenvalue weighted by Gasteiger charge is 2.42. The van der Waals surface area contributed by atoms with Crippen LogP contribution in [0.2, 0.25) is 0 Å². The summed E-state index contributed by atoms with van der Waals surface area (Å²) in [5.41, 5.74) is -0.699. The zero-order chi connectivity index (χ0) is 52.9. The molecule has 3 aromatic rings. The van der Waals surface area contributed by atoms with Gasteiger partial charge < -0.3 is 43.5 Å². The Bertz CT molecular complexity index is 1980. The summed E-state index contributed by atoms with van der Waals surface area (Å²) in [6, 6.07) is 23.4. The Morgan fingerprint density at radius 3 is 1.55 bits per heavy atom. The molecule has 0 aliphatic heterocycles. The van der Waals surface area contributed by atoms with Crippen LogP contribution in [0.1, 0.15) is 89.3 Å². The summed E-state index contributed by atoms with van der Waals surface area (Å²) >= 11 is 0. The third-order valence-corrected chi connectivity index (χ3v) is 13.5. The normalized spacial score (nSPS) is 13.5. The molecule has 2 amide bonds. The van der Waals surface area contributed by atoms with Crippen molar-refractivity contribution in [2.75, 3.05) is 60.3 Å². The van der Waals surface area contributed by atoms with Crippen LogP contribution in [-0.2, 0) is 33.7 Å². The number of methoxy groups -OCH3 is 2. The molecule has 0 saturated heterocycles. The number of hydrogen-bond acceptors (Lipinski definition) is 9. The van der Waals surface area contributed by atoms with Crippen molar-refractivity contribution in [2.24, 2.45) is 5.41 Å². The van der Waals surface area contributed by atoms with Gasteiger partial charge >= 0.3 is 30.3 Å². The van der Waals surface area contributed by atoms with Crippen molar-refractivity contribution in [3.8, 4) is 11.5 Å². The molecule has 3 aromatic carbocycles. The quantitative estimate of drug-likeness (QED) is 0.0213. The molecule has 12 nitrogen and oxygen atoms in total. The maximum Gasteiger partial charge on any atom is 0.471 e. The molecule has 0 aromatic heterocycles. The van der Waals surface area contributed by atoms with Crippen molar-refractivity contribution in [3.63, 3.8) is 0 Å². The van der Waals surface area contributed by atoms with Crippen LogP contribution in [-0.4, -0.2) is 113 Å². The van der Waals surface area contributed by atoms with E-state index in [9.17, 15) is 49.1 Å². The Balaban J connectivity index is 2.19. The number of halogens is 9. The standard InChI is InChI=1S/C49H64F9N4O8P/c1-35(2)62(36(3)4)71(69-31-30-59-5)70-42(33-68-47(37-14-9-8-10-15-37,38-16-20-40(65-6)21-17-38)39-18-22-41(66-7)23-19-39)32-67-34-45(24-11-27-46(50,51)52,25-12-28-60-43(63)48(53,54)55)26-13-29-61-44(64)49(56,57)58/h8-10,14-23,35-36,42H,11-13,24-34H2,1-4,6-7H3,(H,60,63)(H,61,64). The van der Waals surface area contributed by atoms with Crippen molar-refractivity contribution in [1.29, 1.82) is 0 Å². The topological polar surface area (TPSA) is 121 Å². The Hall–Kier alpha value is -4.71. The molecule has 0 bridgehead atoms. The van der Waals surface area contributed by atoms with Crippen LogP contribution in [0.4, 0.5) is 39.5 Å². The van der Waals surface area contributed by atoms with E-state index in [1.807, 2.05) is 87.0 Å². The van der Waals surface area contributed by atoms with Gasteiger partial charge in [-0.3, -0.25) is 9.59 Å². The van der Waals surface area contributed by atoms with Gasteiger partial charge in [-0.2, -0.15) is 39.5 Å². The van der Waals surface area contributed by atoms with E-state index >= 15 is 0 Å². The van der Waals surface area contributed by atoms with Gasteiger partial charge in [0.15, 0.2) is 0 Å². The second-order valence-electron chi connectivity index (χ2n) is 17.3. The van der Waals surface area contributed by atoms with Gasteiger partial charge in [0.2, 0.25) is 6.54 Å². The van der Waals surface area contributed by atoms with Crippen LogP contribution >= 0.6 is 8.53 Å². The molecule has 2 N–H and O–H groups in total. The highest BCUT2D eigenvalue weighted by Crippen LogP contribution is 2.48. The minimum atomic E-state index is -5.21. The molecule has 0 aliphatic carbocycles. The summed E-state index contributed by atoms with van der Waals surface area (Å²) in [4.78, 5) is 26.7. The molecule has 22 heteroatoms. The molecule has 2 unspecified atom stereocenters. The van der Waals surface area contributed by atoms with Crippen molar-refractivity contribution < 1.29 is 77.1 Å². The maximum atomic E-state index is 13.6. The molecule has 0 saturated carbocycles. The average molecular weight is 1040 g/mol. The highest BCUT2D eigenvalue weighted by molar-refractivity contribution is 7.44. The first-order valence-electron chi connectivity index (χ1n) is 23.0. The van der Waals surface area contributed by atoms with E-state index in [2.05, 4.69) is 4.85 Å². The molecule has 0 radical (unpaired) electrons. The SMILES string of the molecule is [C-]#[N+]CCOP(OC(COCC(CCCNC(=O)C(F)(F)F)(CCCNC(=O)C(F)(F)F)CCCC(F)(F)F)COC(c1ccccc1)(c1ccc(OC)cc1)c1ccc(OC)cc1)N(C(C)C)C(C)C. The fraction of sp³-hybridized carbons (Fsp3) is 0.571. The summed E-state index contributed by atoms with van der Waals surface area (Å²) in [5, 5.41) is 3.50. The predicted molar refractivity (Wildman–Crippen MR) is 249 cm³/mol. The molecule has 396 valence electrons. The minimum absolute atomic E-state index is 0.00322. The van der Waals surface area contributed by atoms with Crippen LogP contribution in [0, 0.1) is 12.0 Å². The summed E-state index contributed by atoms with van der Waals surface area (Å²) in [7, 11) is 1.06. The van der Waals surface area contributed by atoms with Crippen LogP contribution in [0.25, 0.3) is 4.85 Å². The molecule has 71 heavy (non-hydrogen) atoms. The highest BCUT2D eigenvalue weighted by atomic mass is 31.2. The minimum Gasteiger partial charge on any atom is -0.497 e. The van der Waals surface area contributed by atoms with Gasteiger partial charge in [0.25, 0.3) is 8.53 Å². The van der Waals surface area contributed by atoms with Gasteiger partial charge in [0.05, 0.1) is 34.0 Å². The summed E-state index contributed by atoms with van der Waals surface area (Å²) in [6.07, 6.45) is -18.7. The lowest BCUT2D eigenvalue weighted by molar-refractivity contribution is -0.173. The number of ether oxygens (including phenoxy) is 4. The van der Waals surface area contributed by atoms with Crippen molar-refractivity contribution >= 4 is 20.3 Å². The largest absolute Gasteiger partial charge is 0.497 e. The van der Waals surface area contributed by atoms with Crippen LogP contribution < -0.4 is 20.1 Å². The fourth-order valence-corrected chi connectivity index (χ4v) is 9.68. The number of alkyl halides is 9. The Morgan fingerprint density at radius 1 is 0.662 bits per heavy atom. The van der Waals surface area contributed by atoms with Gasteiger partial charge in [0, 0.05) is 31.6 Å². The second kappa shape index (κ2) is 28.5. The lowest BCUT2D eigenvalue weighted by Crippen LogP contribution is -2.40. The van der Waals surface area contributed by atoms with Gasteiger partial charge in [-0.05, 0) is 113 Å². The zero-order valence-electron chi connectivity index (χ0n) is 40.6. The lowest BCUT2D eigenvalue weighted by atomic mass is 9.75. The number of amides is 2. The Morgan fingerprint density at radius 2 is 1.13 bits per heavy atom. The fourth-order valence-electron chi connectivity index (χ4n) is 8.01. The van der Waals surface area contributed by atoms with Crippen LogP contribution in [0.5, 0.6) is 11.5 Å². The number of nitrogens with one attached hydrogen (secondary N) is 2. The molecule has 0 aliphatic rings. The number of rotatable bonds is 31. The van der Waals surface area contributed by atoms with E-state index < -0.39 is 81.9 Å². The average Bonchev–Trinajstić information content (AvgIpc) is 3.31. The predicted octanol–water partition coefficient (Wildman–Crippen LogP) is 11.3. The maximum absolute atomic E-state index is 13.6. The first-order chi connectivity index (χ1) is 33.4. The number of carbonyl (C=O) groups excluding carboxylic acids is 2. The summed E-state index contributed by atoms with van der Waals surface area (Å²) in [5.74, 6) is -3.33. The Kier molecular flexibility index (Phi) is 24.3.